The summed E-state index contributed by atoms with van der Waals surface area (Å²) in [6.45, 7) is 0.0424. The van der Waals surface area contributed by atoms with Gasteiger partial charge in [0.2, 0.25) is 0 Å². The number of halogens is 4. The van der Waals surface area contributed by atoms with Crippen molar-refractivity contribution in [1.29, 1.82) is 0 Å². The molecule has 0 atom stereocenters. The molecule has 21 heavy (non-hydrogen) atoms. The monoisotopic (exact) mass is 321 g/mol. The van der Waals surface area contributed by atoms with E-state index in [1.807, 2.05) is 0 Å². The Morgan fingerprint density at radius 2 is 2.05 bits per heavy atom. The maximum Gasteiger partial charge on any atom is 0.435 e. The number of nitrogens with zero attached hydrogens (tertiary/aromatic N) is 4. The number of carbonyl (C=O) groups excluding carboxylic acids is 1. The minimum Gasteiger partial charge on any atom is -0.345 e. The van der Waals surface area contributed by atoms with Crippen LogP contribution in [0.5, 0.6) is 0 Å². The first-order valence-corrected chi connectivity index (χ1v) is 6.13. The number of nitrogens with one attached hydrogen (secondary N) is 1. The zero-order chi connectivity index (χ0) is 15.8. The molecule has 0 saturated carbocycles. The van der Waals surface area contributed by atoms with Crippen molar-refractivity contribution in [2.45, 2.75) is 12.7 Å². The molecule has 0 radical (unpaired) electrons. The van der Waals surface area contributed by atoms with Crippen LogP contribution in [0.2, 0.25) is 5.02 Å². The van der Waals surface area contributed by atoms with Crippen LogP contribution >= 0.6 is 11.6 Å². The highest BCUT2D eigenvalue weighted by Crippen LogP contribution is 2.28. The number of hydrogen-bond donors (Lipinski definition) is 1. The Balaban J connectivity index is 2.13. The molecule has 2 aromatic rings. The second-order valence-corrected chi connectivity index (χ2v) is 4.69. The summed E-state index contributed by atoms with van der Waals surface area (Å²) >= 11 is 5.87. The Bertz CT molecular complexity index is 656. The summed E-state index contributed by atoms with van der Waals surface area (Å²) in [5.74, 6) is -0.683. The Labute approximate surface area is 122 Å². The molecule has 0 saturated heterocycles. The average Bonchev–Trinajstić information content (AvgIpc) is 2.91. The highest BCUT2D eigenvalue weighted by molar-refractivity contribution is 6.31. The number of aryl methyl sites for hydroxylation is 2. The summed E-state index contributed by atoms with van der Waals surface area (Å²) in [5, 5.41) is 9.99. The quantitative estimate of drug-likeness (QED) is 0.937. The van der Waals surface area contributed by atoms with E-state index in [4.69, 9.17) is 11.6 Å². The molecular weight excluding hydrogens is 311 g/mol. The van der Waals surface area contributed by atoms with Gasteiger partial charge in [-0.2, -0.15) is 23.4 Å². The van der Waals surface area contributed by atoms with Gasteiger partial charge in [0.15, 0.2) is 5.69 Å². The molecule has 0 aliphatic heterocycles. The van der Waals surface area contributed by atoms with Gasteiger partial charge in [0.25, 0.3) is 5.91 Å². The van der Waals surface area contributed by atoms with Crippen molar-refractivity contribution < 1.29 is 18.0 Å². The van der Waals surface area contributed by atoms with Crippen LogP contribution in [0, 0.1) is 0 Å². The van der Waals surface area contributed by atoms with E-state index < -0.39 is 17.8 Å². The number of amides is 1. The van der Waals surface area contributed by atoms with Crippen molar-refractivity contribution >= 4 is 17.5 Å². The summed E-state index contributed by atoms with van der Waals surface area (Å²) in [6, 6.07) is 0.695. The van der Waals surface area contributed by atoms with Crippen LogP contribution in [-0.2, 0) is 26.8 Å². The number of aromatic nitrogens is 4. The van der Waals surface area contributed by atoms with Crippen molar-refractivity contribution in [2.75, 3.05) is 0 Å². The summed E-state index contributed by atoms with van der Waals surface area (Å²) in [4.78, 5) is 11.9. The highest BCUT2D eigenvalue weighted by Gasteiger charge is 2.35. The Hall–Kier alpha value is -2.03. The number of hydrogen-bond acceptors (Lipinski definition) is 3. The minimum atomic E-state index is -4.60. The molecule has 0 spiro atoms. The molecule has 6 nitrogen and oxygen atoms in total. The van der Waals surface area contributed by atoms with Crippen LogP contribution in [0.4, 0.5) is 13.2 Å². The van der Waals surface area contributed by atoms with Crippen molar-refractivity contribution in [3.63, 3.8) is 0 Å². The molecule has 10 heteroatoms. The van der Waals surface area contributed by atoms with E-state index in [2.05, 4.69) is 15.5 Å². The van der Waals surface area contributed by atoms with Crippen molar-refractivity contribution in [3.05, 3.63) is 34.4 Å². The molecule has 114 valence electrons. The van der Waals surface area contributed by atoms with Crippen molar-refractivity contribution in [2.24, 2.45) is 14.1 Å². The first-order chi connectivity index (χ1) is 9.70. The van der Waals surface area contributed by atoms with Gasteiger partial charge in [-0.05, 0) is 0 Å². The predicted molar refractivity (Wildman–Crippen MR) is 67.6 cm³/mol. The predicted octanol–water partition coefficient (Wildman–Crippen LogP) is 1.76. The van der Waals surface area contributed by atoms with Crippen LogP contribution in [0.1, 0.15) is 21.9 Å². The smallest absolute Gasteiger partial charge is 0.345 e. The van der Waals surface area contributed by atoms with E-state index in [-0.39, 0.29) is 12.2 Å². The Morgan fingerprint density at radius 3 is 2.52 bits per heavy atom. The van der Waals surface area contributed by atoms with Gasteiger partial charge in [-0.25, -0.2) is 0 Å². The molecule has 2 aromatic heterocycles. The van der Waals surface area contributed by atoms with Crippen LogP contribution in [0.25, 0.3) is 0 Å². The average molecular weight is 322 g/mol. The zero-order valence-corrected chi connectivity index (χ0v) is 11.8. The van der Waals surface area contributed by atoms with Gasteiger partial charge in [0, 0.05) is 20.2 Å². The summed E-state index contributed by atoms with van der Waals surface area (Å²) in [6.07, 6.45) is -3.18. The number of carbonyl (C=O) groups is 1. The van der Waals surface area contributed by atoms with E-state index >= 15 is 0 Å². The fourth-order valence-corrected chi connectivity index (χ4v) is 1.94. The van der Waals surface area contributed by atoms with Gasteiger partial charge in [0.05, 0.1) is 23.5 Å². The van der Waals surface area contributed by atoms with Gasteiger partial charge in [-0.3, -0.25) is 14.2 Å². The Kier molecular flexibility index (Phi) is 3.95. The SMILES string of the molecule is Cn1nc(C(F)(F)F)cc1C(=O)NCc1c(Cl)cnn1C. The molecule has 1 N–H and O–H groups in total. The second-order valence-electron chi connectivity index (χ2n) is 4.28. The molecule has 1 amide bonds. The minimum absolute atomic E-state index is 0.0424. The third-order valence-corrected chi connectivity index (χ3v) is 3.15. The summed E-state index contributed by atoms with van der Waals surface area (Å²) < 4.78 is 39.9. The van der Waals surface area contributed by atoms with Crippen LogP contribution in [0.3, 0.4) is 0 Å². The normalized spacial score (nSPS) is 11.7. The lowest BCUT2D eigenvalue weighted by Crippen LogP contribution is -2.26. The molecule has 0 aliphatic rings. The van der Waals surface area contributed by atoms with Gasteiger partial charge in [0.1, 0.15) is 5.69 Å². The third-order valence-electron chi connectivity index (χ3n) is 2.83. The second kappa shape index (κ2) is 5.40. The van der Waals surface area contributed by atoms with Crippen molar-refractivity contribution in [3.8, 4) is 0 Å². The van der Waals surface area contributed by atoms with Crippen LogP contribution in [0.15, 0.2) is 12.3 Å². The molecule has 0 aromatic carbocycles. The largest absolute Gasteiger partial charge is 0.435 e. The fourth-order valence-electron chi connectivity index (χ4n) is 1.71. The lowest BCUT2D eigenvalue weighted by atomic mass is 10.3. The van der Waals surface area contributed by atoms with E-state index in [9.17, 15) is 18.0 Å². The lowest BCUT2D eigenvalue weighted by molar-refractivity contribution is -0.141. The number of alkyl halides is 3. The third kappa shape index (κ3) is 3.18. The molecule has 0 bridgehead atoms. The zero-order valence-electron chi connectivity index (χ0n) is 11.1. The van der Waals surface area contributed by atoms with Gasteiger partial charge >= 0.3 is 6.18 Å². The summed E-state index contributed by atoms with van der Waals surface area (Å²) in [7, 11) is 2.90. The molecule has 0 fully saturated rings. The molecule has 0 aliphatic carbocycles. The van der Waals surface area contributed by atoms with E-state index in [0.717, 1.165) is 4.68 Å². The van der Waals surface area contributed by atoms with E-state index in [0.29, 0.717) is 16.8 Å². The van der Waals surface area contributed by atoms with Crippen LogP contribution < -0.4 is 5.32 Å². The topological polar surface area (TPSA) is 64.7 Å². The fraction of sp³-hybridized carbons (Fsp3) is 0.364. The molecule has 2 rings (SSSR count). The maximum absolute atomic E-state index is 12.5. The molecule has 0 unspecified atom stereocenters. The first-order valence-electron chi connectivity index (χ1n) is 5.76. The molecular formula is C11H11ClF3N5O. The standard InChI is InChI=1S/C11H11ClF3N5O/c1-19-8(6(12)4-17-19)5-16-10(21)7-3-9(11(13,14)15)18-20(7)2/h3-4H,5H2,1-2H3,(H,16,21). The van der Waals surface area contributed by atoms with Crippen molar-refractivity contribution in [1.82, 2.24) is 24.9 Å². The Morgan fingerprint density at radius 1 is 1.38 bits per heavy atom. The summed E-state index contributed by atoms with van der Waals surface area (Å²) in [5.41, 5.74) is -0.766. The first kappa shape index (κ1) is 15.4. The van der Waals surface area contributed by atoms with Gasteiger partial charge in [-0.1, -0.05) is 11.6 Å². The van der Waals surface area contributed by atoms with Gasteiger partial charge < -0.3 is 5.32 Å². The van der Waals surface area contributed by atoms with Crippen LogP contribution in [-0.4, -0.2) is 25.5 Å². The van der Waals surface area contributed by atoms with Gasteiger partial charge in [-0.15, -0.1) is 0 Å². The van der Waals surface area contributed by atoms with E-state index in [1.54, 1.807) is 7.05 Å². The molecule has 2 heterocycles. The maximum atomic E-state index is 12.5. The lowest BCUT2D eigenvalue weighted by Gasteiger charge is -2.06. The van der Waals surface area contributed by atoms with E-state index in [1.165, 1.54) is 17.9 Å². The number of rotatable bonds is 3. The highest BCUT2D eigenvalue weighted by atomic mass is 35.5.